The zero-order chi connectivity index (χ0) is 13.2. The standard InChI is InChI=1S/C14H26N2O2/c1-13(2)4-6-14(7-5-13,12(17)18)16-10-3-8-15-9-11-16/h15H,3-11H2,1-2H3,(H,17,18). The summed E-state index contributed by atoms with van der Waals surface area (Å²) in [6, 6.07) is 0. The van der Waals surface area contributed by atoms with Gasteiger partial charge in [-0.05, 0) is 44.1 Å². The highest BCUT2D eigenvalue weighted by atomic mass is 16.4. The predicted octanol–water partition coefficient (Wildman–Crippen LogP) is 1.71. The SMILES string of the molecule is CC1(C)CCC(C(=O)O)(N2CCCNCC2)CC1. The van der Waals surface area contributed by atoms with Crippen LogP contribution in [0.15, 0.2) is 0 Å². The predicted molar refractivity (Wildman–Crippen MR) is 71.7 cm³/mol. The monoisotopic (exact) mass is 254 g/mol. The maximum Gasteiger partial charge on any atom is 0.324 e. The second-order valence-electron chi connectivity index (χ2n) is 6.59. The number of carboxylic acid groups (broad SMARTS) is 1. The number of nitrogens with zero attached hydrogens (tertiary/aromatic N) is 1. The molecule has 0 unspecified atom stereocenters. The molecule has 18 heavy (non-hydrogen) atoms. The Morgan fingerprint density at radius 1 is 1.11 bits per heavy atom. The topological polar surface area (TPSA) is 52.6 Å². The van der Waals surface area contributed by atoms with Crippen LogP contribution in [-0.4, -0.2) is 47.7 Å². The number of hydrogen-bond acceptors (Lipinski definition) is 3. The molecule has 2 rings (SSSR count). The molecule has 1 aliphatic heterocycles. The van der Waals surface area contributed by atoms with Crippen molar-refractivity contribution >= 4 is 5.97 Å². The normalized spacial score (nSPS) is 28.6. The second kappa shape index (κ2) is 5.17. The molecule has 0 spiro atoms. The molecule has 2 aliphatic rings. The molecule has 2 fully saturated rings. The largest absolute Gasteiger partial charge is 0.480 e. The van der Waals surface area contributed by atoms with Crippen LogP contribution >= 0.6 is 0 Å². The zero-order valence-electron chi connectivity index (χ0n) is 11.7. The molecular weight excluding hydrogens is 228 g/mol. The van der Waals surface area contributed by atoms with Crippen LogP contribution in [0.1, 0.15) is 46.0 Å². The van der Waals surface area contributed by atoms with E-state index in [1.54, 1.807) is 0 Å². The Kier molecular flexibility index (Phi) is 3.97. The number of rotatable bonds is 2. The van der Waals surface area contributed by atoms with Gasteiger partial charge in [-0.25, -0.2) is 0 Å². The van der Waals surface area contributed by atoms with E-state index in [9.17, 15) is 9.90 Å². The molecule has 4 nitrogen and oxygen atoms in total. The van der Waals surface area contributed by atoms with Gasteiger partial charge in [-0.2, -0.15) is 0 Å². The van der Waals surface area contributed by atoms with E-state index in [-0.39, 0.29) is 0 Å². The summed E-state index contributed by atoms with van der Waals surface area (Å²) in [5, 5.41) is 13.1. The summed E-state index contributed by atoms with van der Waals surface area (Å²) in [6.45, 7) is 8.22. The lowest BCUT2D eigenvalue weighted by molar-refractivity contribution is -0.156. The number of aliphatic carboxylic acids is 1. The number of nitrogens with one attached hydrogen (secondary N) is 1. The van der Waals surface area contributed by atoms with E-state index < -0.39 is 11.5 Å². The van der Waals surface area contributed by atoms with Crippen molar-refractivity contribution in [2.45, 2.75) is 51.5 Å². The van der Waals surface area contributed by atoms with Gasteiger partial charge >= 0.3 is 5.97 Å². The molecule has 1 saturated heterocycles. The van der Waals surface area contributed by atoms with Crippen molar-refractivity contribution in [2.75, 3.05) is 26.2 Å². The summed E-state index contributed by atoms with van der Waals surface area (Å²) >= 11 is 0. The van der Waals surface area contributed by atoms with Crippen LogP contribution in [0.2, 0.25) is 0 Å². The van der Waals surface area contributed by atoms with E-state index in [2.05, 4.69) is 24.1 Å². The van der Waals surface area contributed by atoms with E-state index in [0.29, 0.717) is 5.41 Å². The molecule has 0 aromatic rings. The number of carbonyl (C=O) groups is 1. The Balaban J connectivity index is 2.14. The first-order valence-corrected chi connectivity index (χ1v) is 7.16. The van der Waals surface area contributed by atoms with E-state index in [0.717, 1.165) is 58.3 Å². The van der Waals surface area contributed by atoms with Crippen LogP contribution in [0.25, 0.3) is 0 Å². The smallest absolute Gasteiger partial charge is 0.324 e. The average Bonchev–Trinajstić information content (AvgIpc) is 2.58. The van der Waals surface area contributed by atoms with Gasteiger partial charge in [0.1, 0.15) is 5.54 Å². The highest BCUT2D eigenvalue weighted by Crippen LogP contribution is 2.43. The van der Waals surface area contributed by atoms with E-state index in [1.807, 2.05) is 0 Å². The van der Waals surface area contributed by atoms with Crippen LogP contribution in [0.4, 0.5) is 0 Å². The molecule has 1 aliphatic carbocycles. The van der Waals surface area contributed by atoms with Gasteiger partial charge in [-0.15, -0.1) is 0 Å². The van der Waals surface area contributed by atoms with Crippen LogP contribution < -0.4 is 5.32 Å². The average molecular weight is 254 g/mol. The second-order valence-corrected chi connectivity index (χ2v) is 6.59. The Morgan fingerprint density at radius 2 is 1.78 bits per heavy atom. The van der Waals surface area contributed by atoms with E-state index in [4.69, 9.17) is 0 Å². The van der Waals surface area contributed by atoms with Crippen molar-refractivity contribution in [3.63, 3.8) is 0 Å². The molecular formula is C14H26N2O2. The van der Waals surface area contributed by atoms with E-state index in [1.165, 1.54) is 0 Å². The summed E-state index contributed by atoms with van der Waals surface area (Å²) < 4.78 is 0. The van der Waals surface area contributed by atoms with Crippen LogP contribution in [0, 0.1) is 5.41 Å². The van der Waals surface area contributed by atoms with Crippen molar-refractivity contribution in [1.29, 1.82) is 0 Å². The fourth-order valence-electron chi connectivity index (χ4n) is 3.28. The van der Waals surface area contributed by atoms with E-state index >= 15 is 0 Å². The fourth-order valence-corrected chi connectivity index (χ4v) is 3.28. The summed E-state index contributed by atoms with van der Waals surface area (Å²) in [5.74, 6) is -0.611. The molecule has 2 N–H and O–H groups in total. The molecule has 1 heterocycles. The quantitative estimate of drug-likeness (QED) is 0.787. The summed E-state index contributed by atoms with van der Waals surface area (Å²) in [5.41, 5.74) is -0.287. The minimum absolute atomic E-state index is 0.309. The third kappa shape index (κ3) is 2.69. The van der Waals surface area contributed by atoms with Crippen molar-refractivity contribution < 1.29 is 9.90 Å². The maximum absolute atomic E-state index is 11.8. The molecule has 0 bridgehead atoms. The number of carboxylic acids is 1. The zero-order valence-corrected chi connectivity index (χ0v) is 11.7. The maximum atomic E-state index is 11.8. The van der Waals surface area contributed by atoms with Crippen molar-refractivity contribution in [1.82, 2.24) is 10.2 Å². The van der Waals surface area contributed by atoms with Crippen LogP contribution in [0.3, 0.4) is 0 Å². The summed E-state index contributed by atoms with van der Waals surface area (Å²) in [4.78, 5) is 14.1. The Morgan fingerprint density at radius 3 is 2.39 bits per heavy atom. The van der Waals surface area contributed by atoms with Gasteiger partial charge in [-0.1, -0.05) is 13.8 Å². The minimum atomic E-state index is -0.611. The van der Waals surface area contributed by atoms with Gasteiger partial charge in [0.15, 0.2) is 0 Å². The van der Waals surface area contributed by atoms with Gasteiger partial charge in [0.05, 0.1) is 0 Å². The van der Waals surface area contributed by atoms with Gasteiger partial charge < -0.3 is 10.4 Å². The van der Waals surface area contributed by atoms with Crippen molar-refractivity contribution in [3.05, 3.63) is 0 Å². The third-order valence-corrected chi connectivity index (χ3v) is 4.77. The lowest BCUT2D eigenvalue weighted by Gasteiger charge is -2.47. The molecule has 4 heteroatoms. The third-order valence-electron chi connectivity index (χ3n) is 4.77. The molecule has 1 saturated carbocycles. The molecule has 0 atom stereocenters. The fraction of sp³-hybridized carbons (Fsp3) is 0.929. The highest BCUT2D eigenvalue weighted by Gasteiger charge is 2.48. The first-order valence-electron chi connectivity index (χ1n) is 7.16. The van der Waals surface area contributed by atoms with Gasteiger partial charge in [0, 0.05) is 19.6 Å². The minimum Gasteiger partial charge on any atom is -0.480 e. The Hall–Kier alpha value is -0.610. The van der Waals surface area contributed by atoms with Gasteiger partial charge in [0.2, 0.25) is 0 Å². The molecule has 0 radical (unpaired) electrons. The summed E-state index contributed by atoms with van der Waals surface area (Å²) in [6.07, 6.45) is 4.69. The lowest BCUT2D eigenvalue weighted by atomic mass is 9.68. The van der Waals surface area contributed by atoms with Crippen molar-refractivity contribution in [3.8, 4) is 0 Å². The number of hydrogen-bond donors (Lipinski definition) is 2. The first kappa shape index (κ1) is 13.8. The van der Waals surface area contributed by atoms with Gasteiger partial charge in [0.25, 0.3) is 0 Å². The summed E-state index contributed by atoms with van der Waals surface area (Å²) in [7, 11) is 0. The van der Waals surface area contributed by atoms with Crippen molar-refractivity contribution in [2.24, 2.45) is 5.41 Å². The highest BCUT2D eigenvalue weighted by molar-refractivity contribution is 5.79. The molecule has 0 aromatic carbocycles. The molecule has 0 aromatic heterocycles. The Bertz CT molecular complexity index is 297. The molecule has 0 amide bonds. The Labute approximate surface area is 110 Å². The lowest BCUT2D eigenvalue weighted by Crippen LogP contribution is -2.58. The van der Waals surface area contributed by atoms with Crippen LogP contribution in [-0.2, 0) is 4.79 Å². The first-order chi connectivity index (χ1) is 8.46. The van der Waals surface area contributed by atoms with Gasteiger partial charge in [-0.3, -0.25) is 9.69 Å². The molecule has 104 valence electrons. The van der Waals surface area contributed by atoms with Crippen LogP contribution in [0.5, 0.6) is 0 Å².